The van der Waals surface area contributed by atoms with Gasteiger partial charge in [-0.3, -0.25) is 9.59 Å². The monoisotopic (exact) mass is 536 g/mol. The lowest BCUT2D eigenvalue weighted by atomic mass is 9.92. The lowest BCUT2D eigenvalue weighted by molar-refractivity contribution is -0.141. The lowest BCUT2D eigenvalue weighted by Gasteiger charge is -2.38. The van der Waals surface area contributed by atoms with Gasteiger partial charge in [-0.05, 0) is 24.8 Å². The number of amides is 2. The van der Waals surface area contributed by atoms with Crippen LogP contribution in [0.4, 0.5) is 13.2 Å². The summed E-state index contributed by atoms with van der Waals surface area (Å²) >= 11 is 0.980. The number of carbonyl (C=O) groups is 3. The number of benzene rings is 1. The molecule has 0 saturated carbocycles. The minimum atomic E-state index is -4.89. The molecule has 12 heteroatoms. The van der Waals surface area contributed by atoms with Crippen LogP contribution in [0.3, 0.4) is 0 Å². The van der Waals surface area contributed by atoms with Crippen LogP contribution < -0.4 is 0 Å². The van der Waals surface area contributed by atoms with Crippen molar-refractivity contribution in [2.24, 2.45) is 4.99 Å². The molecule has 3 aliphatic rings. The maximum Gasteiger partial charge on any atom is 0.434 e. The highest BCUT2D eigenvalue weighted by Crippen LogP contribution is 2.48. The Hall–Kier alpha value is -3.28. The van der Waals surface area contributed by atoms with Crippen molar-refractivity contribution in [3.8, 4) is 0 Å². The number of carbonyl (C=O) groups excluding carboxylic acids is 3. The Morgan fingerprint density at radius 1 is 1.08 bits per heavy atom. The second kappa shape index (κ2) is 10.6. The van der Waals surface area contributed by atoms with Gasteiger partial charge in [-0.1, -0.05) is 41.6 Å². The number of ether oxygens (including phenoxy) is 1. The molecule has 4 rings (SSSR count). The highest BCUT2D eigenvalue weighted by atomic mass is 32.2. The third-order valence-corrected chi connectivity index (χ3v) is 7.27. The molecule has 1 aromatic rings. The van der Waals surface area contributed by atoms with Gasteiger partial charge in [0.05, 0.1) is 24.6 Å². The smallest absolute Gasteiger partial charge is 0.434 e. The van der Waals surface area contributed by atoms with Gasteiger partial charge < -0.3 is 19.4 Å². The Labute approximate surface area is 216 Å². The summed E-state index contributed by atoms with van der Waals surface area (Å²) in [6.45, 7) is 6.32. The quantitative estimate of drug-likeness (QED) is 0.533. The first-order chi connectivity index (χ1) is 17.5. The summed E-state index contributed by atoms with van der Waals surface area (Å²) in [6.07, 6.45) is -4.98. The number of rotatable bonds is 5. The minimum absolute atomic E-state index is 0.0372. The number of aliphatic imine (C=N–C) groups is 1. The van der Waals surface area contributed by atoms with Crippen molar-refractivity contribution in [3.63, 3.8) is 0 Å². The third-order valence-electron chi connectivity index (χ3n) is 6.38. The molecule has 1 aromatic carbocycles. The average Bonchev–Trinajstić information content (AvgIpc) is 3.25. The van der Waals surface area contributed by atoms with E-state index in [0.717, 1.165) is 17.3 Å². The van der Waals surface area contributed by atoms with Crippen molar-refractivity contribution < 1.29 is 32.3 Å². The molecular formula is C25H27F3N4O4S. The number of halogens is 3. The van der Waals surface area contributed by atoms with Crippen LogP contribution in [-0.2, 0) is 19.1 Å². The molecule has 0 N–H and O–H groups in total. The van der Waals surface area contributed by atoms with Crippen LogP contribution >= 0.6 is 11.8 Å². The van der Waals surface area contributed by atoms with Gasteiger partial charge in [0.25, 0.3) is 0 Å². The maximum atomic E-state index is 14.1. The summed E-state index contributed by atoms with van der Waals surface area (Å²) in [5.41, 5.74) is -0.123. The number of piperazine rings is 1. The van der Waals surface area contributed by atoms with E-state index in [-0.39, 0.29) is 30.0 Å². The number of thioether (sulfide) groups is 1. The van der Waals surface area contributed by atoms with Crippen molar-refractivity contribution in [1.82, 2.24) is 14.7 Å². The van der Waals surface area contributed by atoms with Crippen molar-refractivity contribution in [1.29, 1.82) is 0 Å². The second-order valence-electron chi connectivity index (χ2n) is 8.85. The molecule has 37 heavy (non-hydrogen) atoms. The molecule has 3 aliphatic heterocycles. The van der Waals surface area contributed by atoms with Crippen LogP contribution in [0.1, 0.15) is 37.4 Å². The first-order valence-corrected chi connectivity index (χ1v) is 12.7. The van der Waals surface area contributed by atoms with Crippen LogP contribution in [0.25, 0.3) is 0 Å². The summed E-state index contributed by atoms with van der Waals surface area (Å²) in [4.78, 5) is 46.4. The van der Waals surface area contributed by atoms with E-state index in [0.29, 0.717) is 37.4 Å². The summed E-state index contributed by atoms with van der Waals surface area (Å²) < 4.78 is 47.4. The Morgan fingerprint density at radius 3 is 2.27 bits per heavy atom. The molecule has 0 aromatic heterocycles. The number of hydrogen-bond acceptors (Lipinski definition) is 7. The number of esters is 1. The number of nitrogens with zero attached hydrogens (tertiary/aromatic N) is 4. The number of hydrogen-bond donors (Lipinski definition) is 0. The molecule has 0 bridgehead atoms. The van der Waals surface area contributed by atoms with Crippen LogP contribution in [0.15, 0.2) is 51.6 Å². The lowest BCUT2D eigenvalue weighted by Crippen LogP contribution is -2.50. The molecule has 0 unspecified atom stereocenters. The first-order valence-electron chi connectivity index (χ1n) is 11.8. The predicted molar refractivity (Wildman–Crippen MR) is 132 cm³/mol. The number of amidine groups is 1. The number of allylic oxidation sites excluding steroid dienone is 1. The van der Waals surface area contributed by atoms with E-state index in [4.69, 9.17) is 4.74 Å². The van der Waals surface area contributed by atoms with Crippen molar-refractivity contribution >= 4 is 34.7 Å². The number of alkyl halides is 3. The van der Waals surface area contributed by atoms with Crippen LogP contribution in [0.2, 0.25) is 0 Å². The molecule has 2 amide bonds. The molecular weight excluding hydrogens is 509 g/mol. The zero-order chi connectivity index (χ0) is 26.9. The minimum Gasteiger partial charge on any atom is -0.463 e. The Kier molecular flexibility index (Phi) is 7.67. The third kappa shape index (κ3) is 5.53. The van der Waals surface area contributed by atoms with E-state index >= 15 is 0 Å². The standard InChI is InChI=1S/C25H27F3N4O4S/c1-4-36-23(35)20-21(17-7-5-15(2)6-8-17)32-18(14-37-24(32)29-22(20)25(26,27)28)13-19(34)31-11-9-30(10-12-31)16(3)33/h5-8,14,21H,4,9-13H2,1-3H3/t21-/m0/s1. The largest absolute Gasteiger partial charge is 0.463 e. The predicted octanol–water partition coefficient (Wildman–Crippen LogP) is 3.76. The van der Waals surface area contributed by atoms with Crippen LogP contribution in [0.5, 0.6) is 0 Å². The van der Waals surface area contributed by atoms with E-state index < -0.39 is 29.5 Å². The topological polar surface area (TPSA) is 82.5 Å². The fourth-order valence-corrected chi connectivity index (χ4v) is 5.41. The van der Waals surface area contributed by atoms with Crippen LogP contribution in [-0.4, -0.2) is 76.6 Å². The maximum absolute atomic E-state index is 14.1. The fourth-order valence-electron chi connectivity index (χ4n) is 4.49. The number of aryl methyl sites for hydroxylation is 1. The zero-order valence-electron chi connectivity index (χ0n) is 20.7. The summed E-state index contributed by atoms with van der Waals surface area (Å²) in [6, 6.07) is 5.66. The molecule has 1 atom stereocenters. The first kappa shape index (κ1) is 26.8. The van der Waals surface area contributed by atoms with Gasteiger partial charge in [0.15, 0.2) is 10.9 Å². The van der Waals surface area contributed by atoms with E-state index in [9.17, 15) is 27.6 Å². The number of fused-ring (bicyclic) bond motifs is 1. The van der Waals surface area contributed by atoms with Crippen molar-refractivity contribution in [2.75, 3.05) is 32.8 Å². The van der Waals surface area contributed by atoms with E-state index in [1.165, 1.54) is 18.7 Å². The summed E-state index contributed by atoms with van der Waals surface area (Å²) in [5.74, 6) is -1.38. The Morgan fingerprint density at radius 2 is 1.70 bits per heavy atom. The van der Waals surface area contributed by atoms with Crippen molar-refractivity contribution in [2.45, 2.75) is 39.4 Å². The molecule has 0 spiro atoms. The molecule has 8 nitrogen and oxygen atoms in total. The van der Waals surface area contributed by atoms with Gasteiger partial charge in [-0.2, -0.15) is 13.2 Å². The Balaban J connectivity index is 1.69. The zero-order valence-corrected chi connectivity index (χ0v) is 21.5. The molecule has 0 aliphatic carbocycles. The van der Waals surface area contributed by atoms with Gasteiger partial charge in [-0.25, -0.2) is 9.79 Å². The summed E-state index contributed by atoms with van der Waals surface area (Å²) in [5, 5.41) is 1.64. The highest BCUT2D eigenvalue weighted by Gasteiger charge is 2.49. The Bertz CT molecular complexity index is 1190. The van der Waals surface area contributed by atoms with Gasteiger partial charge in [0.1, 0.15) is 0 Å². The highest BCUT2D eigenvalue weighted by molar-refractivity contribution is 8.16. The van der Waals surface area contributed by atoms with Crippen LogP contribution in [0, 0.1) is 6.92 Å². The molecule has 1 fully saturated rings. The molecule has 198 valence electrons. The van der Waals surface area contributed by atoms with Crippen molar-refractivity contribution in [3.05, 3.63) is 57.8 Å². The fraction of sp³-hybridized carbons (Fsp3) is 0.440. The van der Waals surface area contributed by atoms with Gasteiger partial charge in [0.2, 0.25) is 11.8 Å². The molecule has 1 saturated heterocycles. The second-order valence-corrected chi connectivity index (χ2v) is 9.69. The van der Waals surface area contributed by atoms with Gasteiger partial charge in [-0.15, -0.1) is 0 Å². The van der Waals surface area contributed by atoms with E-state index in [1.807, 2.05) is 6.92 Å². The average molecular weight is 537 g/mol. The SMILES string of the molecule is CCOC(=O)C1=C(C(F)(F)F)N=C2SC=C(CC(=O)N3CCN(C(C)=O)CC3)N2[C@H]1c1ccc(C)cc1. The van der Waals surface area contributed by atoms with Gasteiger partial charge in [0, 0.05) is 38.8 Å². The molecule has 0 radical (unpaired) electrons. The normalized spacial score (nSPS) is 19.9. The summed E-state index contributed by atoms with van der Waals surface area (Å²) in [7, 11) is 0. The van der Waals surface area contributed by atoms with E-state index in [1.54, 1.807) is 39.5 Å². The van der Waals surface area contributed by atoms with E-state index in [2.05, 4.69) is 4.99 Å². The molecule has 3 heterocycles. The van der Waals surface area contributed by atoms with Gasteiger partial charge >= 0.3 is 12.1 Å².